The van der Waals surface area contributed by atoms with Crippen LogP contribution >= 0.6 is 0 Å². The average molecular weight is 374 g/mol. The number of rotatable bonds is 6. The fourth-order valence-electron chi connectivity index (χ4n) is 2.84. The number of nitrogens with zero attached hydrogens (tertiary/aromatic N) is 2. The lowest BCUT2D eigenvalue weighted by molar-refractivity contribution is 0.101. The number of Topliss-reactive ketones (excluding diaryl/α,β-unsaturated/α-hetero) is 1. The molecular weight excluding hydrogens is 352 g/mol. The molecule has 0 fully saturated rings. The number of aryl methyl sites for hydroxylation is 2. The molecule has 2 N–H and O–H groups in total. The predicted octanol–water partition coefficient (Wildman–Crippen LogP) is 4.55. The van der Waals surface area contributed by atoms with Crippen molar-refractivity contribution >= 4 is 29.0 Å². The quantitative estimate of drug-likeness (QED) is 0.619. The minimum Gasteiger partial charge on any atom is -0.324 e. The molecule has 3 rings (SSSR count). The molecule has 6 heteroatoms. The van der Waals surface area contributed by atoms with Gasteiger partial charge in [-0.25, -0.2) is 9.97 Å². The molecule has 0 aliphatic heterocycles. The molecule has 0 aliphatic carbocycles. The fourth-order valence-corrected chi connectivity index (χ4v) is 2.84. The summed E-state index contributed by atoms with van der Waals surface area (Å²) in [5, 5.41) is 5.99. The molecule has 0 saturated carbocycles. The lowest BCUT2D eigenvalue weighted by Crippen LogP contribution is -2.15. The van der Waals surface area contributed by atoms with E-state index in [0.717, 1.165) is 23.2 Å². The average Bonchev–Trinajstić information content (AvgIpc) is 2.70. The van der Waals surface area contributed by atoms with Crippen LogP contribution in [0.4, 0.5) is 17.3 Å². The van der Waals surface area contributed by atoms with E-state index in [1.54, 1.807) is 18.2 Å². The van der Waals surface area contributed by atoms with Gasteiger partial charge in [-0.15, -0.1) is 0 Å². The maximum absolute atomic E-state index is 12.6. The monoisotopic (exact) mass is 374 g/mol. The van der Waals surface area contributed by atoms with Gasteiger partial charge in [0.1, 0.15) is 0 Å². The van der Waals surface area contributed by atoms with Gasteiger partial charge in [-0.2, -0.15) is 0 Å². The first-order valence-electron chi connectivity index (χ1n) is 9.08. The second-order valence-electron chi connectivity index (χ2n) is 6.47. The Morgan fingerprint density at radius 1 is 1.00 bits per heavy atom. The first kappa shape index (κ1) is 19.2. The van der Waals surface area contributed by atoms with Crippen LogP contribution < -0.4 is 10.6 Å². The first-order valence-corrected chi connectivity index (χ1v) is 9.08. The molecule has 0 atom stereocenters. The highest BCUT2D eigenvalue weighted by Crippen LogP contribution is 2.22. The number of anilines is 3. The van der Waals surface area contributed by atoms with Crippen LogP contribution in [0.15, 0.2) is 54.9 Å². The van der Waals surface area contributed by atoms with Gasteiger partial charge < -0.3 is 10.6 Å². The van der Waals surface area contributed by atoms with Gasteiger partial charge in [0.05, 0.1) is 5.56 Å². The summed E-state index contributed by atoms with van der Waals surface area (Å²) in [6.45, 7) is 5.53. The van der Waals surface area contributed by atoms with Crippen molar-refractivity contribution in [2.24, 2.45) is 0 Å². The van der Waals surface area contributed by atoms with E-state index in [1.807, 2.05) is 31.2 Å². The molecule has 1 amide bonds. The highest BCUT2D eigenvalue weighted by atomic mass is 16.1. The molecule has 0 bridgehead atoms. The zero-order chi connectivity index (χ0) is 20.1. The van der Waals surface area contributed by atoms with Gasteiger partial charge >= 0.3 is 0 Å². The van der Waals surface area contributed by atoms with E-state index in [9.17, 15) is 9.59 Å². The van der Waals surface area contributed by atoms with Crippen LogP contribution in [0.3, 0.4) is 0 Å². The van der Waals surface area contributed by atoms with Crippen molar-refractivity contribution in [3.8, 4) is 0 Å². The van der Waals surface area contributed by atoms with Crippen molar-refractivity contribution in [1.82, 2.24) is 9.97 Å². The van der Waals surface area contributed by atoms with Crippen molar-refractivity contribution < 1.29 is 9.59 Å². The molecule has 28 heavy (non-hydrogen) atoms. The maximum Gasteiger partial charge on any atom is 0.258 e. The zero-order valence-electron chi connectivity index (χ0n) is 16.1. The molecule has 3 aromatic rings. The van der Waals surface area contributed by atoms with Crippen LogP contribution in [0.2, 0.25) is 0 Å². The molecule has 0 aliphatic rings. The number of amides is 1. The number of benzene rings is 2. The lowest BCUT2D eigenvalue weighted by Gasteiger charge is -2.13. The molecule has 6 nitrogen and oxygen atoms in total. The van der Waals surface area contributed by atoms with Gasteiger partial charge in [-0.05, 0) is 43.5 Å². The normalized spacial score (nSPS) is 10.4. The van der Waals surface area contributed by atoms with Crippen molar-refractivity contribution in [1.29, 1.82) is 0 Å². The van der Waals surface area contributed by atoms with Crippen LogP contribution in [-0.2, 0) is 6.42 Å². The number of ketones is 1. The third-order valence-electron chi connectivity index (χ3n) is 4.42. The summed E-state index contributed by atoms with van der Waals surface area (Å²) >= 11 is 0. The Morgan fingerprint density at radius 3 is 2.39 bits per heavy atom. The number of carbonyl (C=O) groups excluding carboxylic acids is 2. The standard InChI is InChI=1S/C22H22N4O2/c1-4-16-8-5-7-14(2)20(16)26-21(28)18-12-23-22(24-13-18)25-19-10-6-9-17(11-19)15(3)27/h5-13H,4H2,1-3H3,(H,26,28)(H,23,24,25). The Kier molecular flexibility index (Phi) is 5.79. The smallest absolute Gasteiger partial charge is 0.258 e. The summed E-state index contributed by atoms with van der Waals surface area (Å²) in [6.07, 6.45) is 3.78. The van der Waals surface area contributed by atoms with Gasteiger partial charge in [-0.1, -0.05) is 37.3 Å². The van der Waals surface area contributed by atoms with Crippen LogP contribution in [0.25, 0.3) is 0 Å². The summed E-state index contributed by atoms with van der Waals surface area (Å²) in [5.74, 6) is 0.0794. The number of para-hydroxylation sites is 1. The molecule has 2 aromatic carbocycles. The van der Waals surface area contributed by atoms with Crippen molar-refractivity contribution in [3.63, 3.8) is 0 Å². The topological polar surface area (TPSA) is 84.0 Å². The second-order valence-corrected chi connectivity index (χ2v) is 6.47. The van der Waals surface area contributed by atoms with Gasteiger partial charge in [0.15, 0.2) is 5.78 Å². The molecule has 0 unspecified atom stereocenters. The van der Waals surface area contributed by atoms with Crippen LogP contribution in [-0.4, -0.2) is 21.7 Å². The summed E-state index contributed by atoms with van der Waals surface area (Å²) < 4.78 is 0. The predicted molar refractivity (Wildman–Crippen MR) is 110 cm³/mol. The number of hydrogen-bond acceptors (Lipinski definition) is 5. The number of hydrogen-bond donors (Lipinski definition) is 2. The van der Waals surface area contributed by atoms with E-state index in [-0.39, 0.29) is 11.7 Å². The molecule has 142 valence electrons. The minimum atomic E-state index is -0.255. The van der Waals surface area contributed by atoms with E-state index in [0.29, 0.717) is 22.8 Å². The summed E-state index contributed by atoms with van der Waals surface area (Å²) in [7, 11) is 0. The third kappa shape index (κ3) is 4.40. The Labute approximate surface area is 164 Å². The summed E-state index contributed by atoms with van der Waals surface area (Å²) in [5.41, 5.74) is 4.60. The Hall–Kier alpha value is -3.54. The molecule has 0 saturated heterocycles. The second kappa shape index (κ2) is 8.43. The van der Waals surface area contributed by atoms with E-state index in [1.165, 1.54) is 19.3 Å². The van der Waals surface area contributed by atoms with Gasteiger partial charge in [-0.3, -0.25) is 9.59 Å². The van der Waals surface area contributed by atoms with E-state index >= 15 is 0 Å². The highest BCUT2D eigenvalue weighted by Gasteiger charge is 2.12. The van der Waals surface area contributed by atoms with Crippen molar-refractivity contribution in [2.45, 2.75) is 27.2 Å². The molecule has 0 spiro atoms. The Bertz CT molecular complexity index is 1010. The molecule has 1 aromatic heterocycles. The first-order chi connectivity index (χ1) is 13.5. The van der Waals surface area contributed by atoms with Gasteiger partial charge in [0, 0.05) is 29.3 Å². The van der Waals surface area contributed by atoms with E-state index in [2.05, 4.69) is 27.5 Å². The van der Waals surface area contributed by atoms with E-state index in [4.69, 9.17) is 0 Å². The largest absolute Gasteiger partial charge is 0.324 e. The summed E-state index contributed by atoms with van der Waals surface area (Å²) in [6, 6.07) is 13.0. The van der Waals surface area contributed by atoms with Crippen molar-refractivity contribution in [2.75, 3.05) is 10.6 Å². The maximum atomic E-state index is 12.6. The third-order valence-corrected chi connectivity index (χ3v) is 4.42. The molecule has 1 heterocycles. The van der Waals surface area contributed by atoms with Crippen LogP contribution in [0.1, 0.15) is 45.7 Å². The highest BCUT2D eigenvalue weighted by molar-refractivity contribution is 6.04. The molecular formula is C22H22N4O2. The van der Waals surface area contributed by atoms with Gasteiger partial charge in [0.2, 0.25) is 5.95 Å². The summed E-state index contributed by atoms with van der Waals surface area (Å²) in [4.78, 5) is 32.5. The Morgan fingerprint density at radius 2 is 1.71 bits per heavy atom. The molecule has 0 radical (unpaired) electrons. The number of nitrogens with one attached hydrogen (secondary N) is 2. The fraction of sp³-hybridized carbons (Fsp3) is 0.182. The van der Waals surface area contributed by atoms with Gasteiger partial charge in [0.25, 0.3) is 5.91 Å². The van der Waals surface area contributed by atoms with Crippen LogP contribution in [0.5, 0.6) is 0 Å². The Balaban J connectivity index is 1.73. The number of carbonyl (C=O) groups is 2. The van der Waals surface area contributed by atoms with Crippen LogP contribution in [0, 0.1) is 6.92 Å². The number of aromatic nitrogens is 2. The van der Waals surface area contributed by atoms with E-state index < -0.39 is 0 Å². The van der Waals surface area contributed by atoms with Crippen molar-refractivity contribution in [3.05, 3.63) is 77.1 Å². The lowest BCUT2D eigenvalue weighted by atomic mass is 10.1. The zero-order valence-corrected chi connectivity index (χ0v) is 16.1. The SMILES string of the molecule is CCc1cccc(C)c1NC(=O)c1cnc(Nc2cccc(C(C)=O)c2)nc1. The minimum absolute atomic E-state index is 0.0146.